The van der Waals surface area contributed by atoms with E-state index in [9.17, 15) is 0 Å². The van der Waals surface area contributed by atoms with Crippen LogP contribution in [0, 0.1) is 0 Å². The van der Waals surface area contributed by atoms with Crippen molar-refractivity contribution < 1.29 is 0 Å². The third-order valence-corrected chi connectivity index (χ3v) is 4.03. The summed E-state index contributed by atoms with van der Waals surface area (Å²) in [4.78, 5) is 1.48. The van der Waals surface area contributed by atoms with Gasteiger partial charge in [0.2, 0.25) is 0 Å². The fourth-order valence-corrected chi connectivity index (χ4v) is 2.93. The summed E-state index contributed by atoms with van der Waals surface area (Å²) in [6, 6.07) is 6.67. The number of rotatable bonds is 2. The van der Waals surface area contributed by atoms with Gasteiger partial charge < -0.3 is 5.32 Å². The smallest absolute Gasteiger partial charge is 0.0341 e. The maximum Gasteiger partial charge on any atom is 0.0341 e. The molecule has 1 aromatic carbocycles. The van der Waals surface area contributed by atoms with E-state index in [-0.39, 0.29) is 0 Å². The van der Waals surface area contributed by atoms with Gasteiger partial charge in [-0.05, 0) is 36.6 Å². The van der Waals surface area contributed by atoms with E-state index in [1.165, 1.54) is 29.0 Å². The van der Waals surface area contributed by atoms with Gasteiger partial charge in [0.25, 0.3) is 0 Å². The van der Waals surface area contributed by atoms with Crippen molar-refractivity contribution in [3.8, 4) is 0 Å². The lowest BCUT2D eigenvalue weighted by Gasteiger charge is -2.02. The second-order valence-electron chi connectivity index (χ2n) is 3.42. The minimum atomic E-state index is 0.808. The van der Waals surface area contributed by atoms with Crippen LogP contribution in [0.1, 0.15) is 18.9 Å². The Morgan fingerprint density at radius 2 is 2.38 bits per heavy atom. The molecule has 1 unspecified atom stereocenters. The molecular weight excluding hydrogens is 178 g/mol. The summed E-state index contributed by atoms with van der Waals surface area (Å²) in [5, 5.41) is 3.99. The molecule has 0 bridgehead atoms. The van der Waals surface area contributed by atoms with Crippen LogP contribution in [0.4, 0.5) is 5.69 Å². The number of anilines is 1. The summed E-state index contributed by atoms with van der Waals surface area (Å²) in [6.45, 7) is 2.27. The van der Waals surface area contributed by atoms with Gasteiger partial charge in [-0.3, -0.25) is 0 Å². The van der Waals surface area contributed by atoms with Crippen LogP contribution in [0.3, 0.4) is 0 Å². The van der Waals surface area contributed by atoms with Crippen LogP contribution in [-0.4, -0.2) is 12.3 Å². The Hall–Kier alpha value is -0.630. The third kappa shape index (κ3) is 1.68. The van der Waals surface area contributed by atoms with Crippen LogP contribution < -0.4 is 5.32 Å². The van der Waals surface area contributed by atoms with Crippen LogP contribution in [0.15, 0.2) is 23.1 Å². The van der Waals surface area contributed by atoms with Crippen molar-refractivity contribution in [2.75, 3.05) is 12.4 Å². The van der Waals surface area contributed by atoms with Crippen molar-refractivity contribution in [3.63, 3.8) is 0 Å². The zero-order valence-corrected chi connectivity index (χ0v) is 8.95. The molecule has 70 valence electrons. The van der Waals surface area contributed by atoms with Crippen molar-refractivity contribution in [2.24, 2.45) is 0 Å². The Morgan fingerprint density at radius 1 is 1.54 bits per heavy atom. The van der Waals surface area contributed by atoms with Gasteiger partial charge in [0, 0.05) is 22.9 Å². The molecule has 0 radical (unpaired) electrons. The molecule has 2 heteroatoms. The number of hydrogen-bond acceptors (Lipinski definition) is 2. The lowest BCUT2D eigenvalue weighted by atomic mass is 10.1. The maximum atomic E-state index is 3.18. The predicted molar refractivity (Wildman–Crippen MR) is 59.6 cm³/mol. The van der Waals surface area contributed by atoms with Crippen LogP contribution in [0.2, 0.25) is 0 Å². The van der Waals surface area contributed by atoms with Gasteiger partial charge in [0.05, 0.1) is 0 Å². The SMILES string of the molecule is CCC1Cc2cc(NC)ccc2S1. The second kappa shape index (κ2) is 3.62. The van der Waals surface area contributed by atoms with Crippen molar-refractivity contribution in [1.82, 2.24) is 0 Å². The minimum absolute atomic E-state index is 0.808. The Morgan fingerprint density at radius 3 is 3.08 bits per heavy atom. The van der Waals surface area contributed by atoms with Gasteiger partial charge in [-0.1, -0.05) is 6.92 Å². The Labute approximate surface area is 83.9 Å². The summed E-state index contributed by atoms with van der Waals surface area (Å²) >= 11 is 2.03. The number of benzene rings is 1. The van der Waals surface area contributed by atoms with E-state index in [4.69, 9.17) is 0 Å². The second-order valence-corrected chi connectivity index (χ2v) is 4.77. The fraction of sp³-hybridized carbons (Fsp3) is 0.455. The molecule has 0 saturated carbocycles. The van der Waals surface area contributed by atoms with E-state index in [1.807, 2.05) is 18.8 Å². The number of nitrogens with one attached hydrogen (secondary N) is 1. The van der Waals surface area contributed by atoms with E-state index in [2.05, 4.69) is 30.4 Å². The standard InChI is InChI=1S/C11H15NS/c1-3-10-7-8-6-9(12-2)4-5-11(8)13-10/h4-6,10,12H,3,7H2,1-2H3. The highest BCUT2D eigenvalue weighted by Gasteiger charge is 2.20. The summed E-state index contributed by atoms with van der Waals surface area (Å²) < 4.78 is 0. The highest BCUT2D eigenvalue weighted by Crippen LogP contribution is 2.39. The molecule has 0 aliphatic carbocycles. The molecule has 1 nitrogen and oxygen atoms in total. The van der Waals surface area contributed by atoms with Crippen molar-refractivity contribution >= 4 is 17.4 Å². The Balaban J connectivity index is 2.25. The molecule has 2 rings (SSSR count). The average Bonchev–Trinajstić information content (AvgIpc) is 2.58. The van der Waals surface area contributed by atoms with Gasteiger partial charge in [0.1, 0.15) is 0 Å². The first-order valence-electron chi connectivity index (χ1n) is 4.81. The van der Waals surface area contributed by atoms with Crippen molar-refractivity contribution in [1.29, 1.82) is 0 Å². The van der Waals surface area contributed by atoms with Crippen LogP contribution in [-0.2, 0) is 6.42 Å². The summed E-state index contributed by atoms with van der Waals surface area (Å²) in [6.07, 6.45) is 2.51. The summed E-state index contributed by atoms with van der Waals surface area (Å²) in [5.41, 5.74) is 2.75. The van der Waals surface area contributed by atoms with E-state index in [0.29, 0.717) is 0 Å². The van der Waals surface area contributed by atoms with Crippen molar-refractivity contribution in [3.05, 3.63) is 23.8 Å². The molecule has 1 atom stereocenters. The van der Waals surface area contributed by atoms with E-state index < -0.39 is 0 Å². The van der Waals surface area contributed by atoms with Crippen LogP contribution >= 0.6 is 11.8 Å². The molecule has 0 aromatic heterocycles. The van der Waals surface area contributed by atoms with E-state index in [0.717, 1.165) is 5.25 Å². The topological polar surface area (TPSA) is 12.0 Å². The first kappa shape index (κ1) is 8.95. The monoisotopic (exact) mass is 193 g/mol. The molecule has 0 saturated heterocycles. The highest BCUT2D eigenvalue weighted by molar-refractivity contribution is 8.00. The average molecular weight is 193 g/mol. The van der Waals surface area contributed by atoms with Crippen molar-refractivity contribution in [2.45, 2.75) is 29.9 Å². The molecule has 1 aliphatic rings. The first-order chi connectivity index (χ1) is 6.33. The Kier molecular flexibility index (Phi) is 2.49. The lowest BCUT2D eigenvalue weighted by Crippen LogP contribution is -1.97. The normalized spacial score (nSPS) is 20.0. The molecular formula is C11H15NS. The van der Waals surface area contributed by atoms with E-state index >= 15 is 0 Å². The van der Waals surface area contributed by atoms with E-state index in [1.54, 1.807) is 0 Å². The highest BCUT2D eigenvalue weighted by atomic mass is 32.2. The molecule has 0 fully saturated rings. The quantitative estimate of drug-likeness (QED) is 0.774. The number of fused-ring (bicyclic) bond motifs is 1. The maximum absolute atomic E-state index is 3.18. The zero-order chi connectivity index (χ0) is 9.26. The van der Waals surface area contributed by atoms with Gasteiger partial charge in [-0.2, -0.15) is 0 Å². The molecule has 13 heavy (non-hydrogen) atoms. The van der Waals surface area contributed by atoms with Gasteiger partial charge >= 0.3 is 0 Å². The third-order valence-electron chi connectivity index (χ3n) is 2.55. The molecule has 1 aromatic rings. The largest absolute Gasteiger partial charge is 0.388 e. The summed E-state index contributed by atoms with van der Waals surface area (Å²) in [5.74, 6) is 0. The van der Waals surface area contributed by atoms with Crippen LogP contribution in [0.25, 0.3) is 0 Å². The zero-order valence-electron chi connectivity index (χ0n) is 8.13. The molecule has 1 N–H and O–H groups in total. The van der Waals surface area contributed by atoms with Crippen LogP contribution in [0.5, 0.6) is 0 Å². The van der Waals surface area contributed by atoms with Gasteiger partial charge in [-0.15, -0.1) is 11.8 Å². The predicted octanol–water partition coefficient (Wildman–Crippen LogP) is 3.16. The Bertz CT molecular complexity index is 309. The molecule has 1 aliphatic heterocycles. The molecule has 1 heterocycles. The fourth-order valence-electron chi connectivity index (χ4n) is 1.70. The lowest BCUT2D eigenvalue weighted by molar-refractivity contribution is 0.830. The number of hydrogen-bond donors (Lipinski definition) is 1. The summed E-state index contributed by atoms with van der Waals surface area (Å²) in [7, 11) is 1.97. The van der Waals surface area contributed by atoms with Gasteiger partial charge in [-0.25, -0.2) is 0 Å². The number of thioether (sulfide) groups is 1. The first-order valence-corrected chi connectivity index (χ1v) is 5.68. The minimum Gasteiger partial charge on any atom is -0.388 e. The molecule has 0 amide bonds. The molecule has 0 spiro atoms. The van der Waals surface area contributed by atoms with Gasteiger partial charge in [0.15, 0.2) is 0 Å².